The zero-order chi connectivity index (χ0) is 15.0. The molecule has 3 rings (SSSR count). The van der Waals surface area contributed by atoms with Crippen LogP contribution in [0.5, 0.6) is 0 Å². The van der Waals surface area contributed by atoms with Gasteiger partial charge in [0, 0.05) is 33.3 Å². The van der Waals surface area contributed by atoms with Crippen molar-refractivity contribution in [3.8, 4) is 0 Å². The normalized spacial score (nSPS) is 13.5. The Balaban J connectivity index is 1.97. The van der Waals surface area contributed by atoms with Crippen molar-refractivity contribution < 1.29 is 9.59 Å². The minimum Gasteiger partial charge on any atom is -0.326 e. The Kier molecular flexibility index (Phi) is 3.70. The average Bonchev–Trinajstić information content (AvgIpc) is 2.45. The monoisotopic (exact) mass is 319 g/mol. The molecule has 2 aromatic carbocycles. The van der Waals surface area contributed by atoms with Crippen molar-refractivity contribution in [3.63, 3.8) is 0 Å². The molecule has 1 heterocycles. The zero-order valence-electron chi connectivity index (χ0n) is 11.0. The number of fused-ring (bicyclic) bond motifs is 1. The van der Waals surface area contributed by atoms with Gasteiger partial charge >= 0.3 is 0 Å². The van der Waals surface area contributed by atoms with Crippen LogP contribution >= 0.6 is 23.2 Å². The molecule has 1 aliphatic heterocycles. The number of benzene rings is 2. The molecule has 0 radical (unpaired) electrons. The molecular weight excluding hydrogens is 309 g/mol. The molecule has 1 aliphatic rings. The summed E-state index contributed by atoms with van der Waals surface area (Å²) in [6, 6.07) is 10.0. The number of carbonyl (C=O) groups is 2. The van der Waals surface area contributed by atoms with E-state index in [4.69, 9.17) is 23.2 Å². The molecule has 5 heteroatoms. The highest BCUT2D eigenvalue weighted by molar-refractivity contribution is 6.35. The summed E-state index contributed by atoms with van der Waals surface area (Å²) in [6.07, 6.45) is 1.08. The second kappa shape index (κ2) is 5.51. The van der Waals surface area contributed by atoms with Crippen molar-refractivity contribution in [1.82, 2.24) is 0 Å². The topological polar surface area (TPSA) is 46.2 Å². The van der Waals surface area contributed by atoms with Crippen LogP contribution in [-0.4, -0.2) is 11.7 Å². The average molecular weight is 320 g/mol. The van der Waals surface area contributed by atoms with Gasteiger partial charge < -0.3 is 5.32 Å². The van der Waals surface area contributed by atoms with Crippen LogP contribution in [0, 0.1) is 0 Å². The molecule has 0 fully saturated rings. The molecule has 0 spiro atoms. The van der Waals surface area contributed by atoms with Crippen LogP contribution in [-0.2, 0) is 11.2 Å². The summed E-state index contributed by atoms with van der Waals surface area (Å²) >= 11 is 11.9. The second-order valence-electron chi connectivity index (χ2n) is 4.91. The Morgan fingerprint density at radius 3 is 2.38 bits per heavy atom. The first kappa shape index (κ1) is 14.1. The predicted molar refractivity (Wildman–Crippen MR) is 83.3 cm³/mol. The van der Waals surface area contributed by atoms with Crippen LogP contribution in [0.1, 0.15) is 27.9 Å². The summed E-state index contributed by atoms with van der Waals surface area (Å²) in [4.78, 5) is 23.8. The van der Waals surface area contributed by atoms with Gasteiger partial charge in [-0.15, -0.1) is 0 Å². The second-order valence-corrected chi connectivity index (χ2v) is 5.78. The van der Waals surface area contributed by atoms with Crippen LogP contribution < -0.4 is 5.32 Å². The minimum absolute atomic E-state index is 0.00296. The Labute approximate surface area is 131 Å². The molecule has 0 saturated heterocycles. The number of halogens is 2. The van der Waals surface area contributed by atoms with Crippen molar-refractivity contribution >= 4 is 40.6 Å². The third kappa shape index (κ3) is 2.94. The quantitative estimate of drug-likeness (QED) is 0.847. The van der Waals surface area contributed by atoms with Gasteiger partial charge in [-0.3, -0.25) is 9.59 Å². The van der Waals surface area contributed by atoms with E-state index in [1.54, 1.807) is 30.3 Å². The van der Waals surface area contributed by atoms with E-state index < -0.39 is 0 Å². The molecule has 0 unspecified atom stereocenters. The fourth-order valence-corrected chi connectivity index (χ4v) is 2.90. The van der Waals surface area contributed by atoms with Crippen molar-refractivity contribution in [1.29, 1.82) is 0 Å². The van der Waals surface area contributed by atoms with Crippen LogP contribution in [0.4, 0.5) is 5.69 Å². The molecule has 21 heavy (non-hydrogen) atoms. The maximum absolute atomic E-state index is 12.5. The van der Waals surface area contributed by atoms with Gasteiger partial charge in [0.1, 0.15) is 0 Å². The van der Waals surface area contributed by atoms with Gasteiger partial charge in [0.25, 0.3) is 0 Å². The predicted octanol–water partition coefficient (Wildman–Crippen LogP) is 4.11. The Morgan fingerprint density at radius 1 is 0.952 bits per heavy atom. The molecular formula is C16H11Cl2NO2. The van der Waals surface area contributed by atoms with Crippen LogP contribution in [0.25, 0.3) is 0 Å². The zero-order valence-corrected chi connectivity index (χ0v) is 12.5. The number of carbonyl (C=O) groups excluding carboxylic acids is 2. The first-order chi connectivity index (χ1) is 10.0. The van der Waals surface area contributed by atoms with Gasteiger partial charge in [0.05, 0.1) is 0 Å². The standard InChI is InChI=1S/C16H11Cl2NO2/c17-12-6-11(7-13(18)8-12)16(21)10-1-3-14-9(5-10)2-4-15(20)19-14/h1,3,5-8H,2,4H2,(H,19,20). The van der Waals surface area contributed by atoms with E-state index in [1.165, 1.54) is 0 Å². The molecule has 0 atom stereocenters. The first-order valence-electron chi connectivity index (χ1n) is 6.46. The fraction of sp³-hybridized carbons (Fsp3) is 0.125. The largest absolute Gasteiger partial charge is 0.326 e. The molecule has 0 saturated carbocycles. The molecule has 106 valence electrons. The highest BCUT2D eigenvalue weighted by atomic mass is 35.5. The lowest BCUT2D eigenvalue weighted by Crippen LogP contribution is -2.19. The van der Waals surface area contributed by atoms with Gasteiger partial charge in [-0.25, -0.2) is 0 Å². The van der Waals surface area contributed by atoms with E-state index in [0.29, 0.717) is 34.0 Å². The van der Waals surface area contributed by atoms with Crippen molar-refractivity contribution in [2.45, 2.75) is 12.8 Å². The fourth-order valence-electron chi connectivity index (χ4n) is 2.38. The van der Waals surface area contributed by atoms with Gasteiger partial charge in [-0.1, -0.05) is 23.2 Å². The van der Waals surface area contributed by atoms with Crippen LogP contribution in [0.3, 0.4) is 0 Å². The van der Waals surface area contributed by atoms with E-state index in [-0.39, 0.29) is 11.7 Å². The third-order valence-corrected chi connectivity index (χ3v) is 3.82. The van der Waals surface area contributed by atoms with E-state index in [1.807, 2.05) is 6.07 Å². The van der Waals surface area contributed by atoms with Crippen LogP contribution in [0.15, 0.2) is 36.4 Å². The highest BCUT2D eigenvalue weighted by Gasteiger charge is 2.17. The SMILES string of the molecule is O=C1CCc2cc(C(=O)c3cc(Cl)cc(Cl)c3)ccc2N1. The highest BCUT2D eigenvalue weighted by Crippen LogP contribution is 2.26. The summed E-state index contributed by atoms with van der Waals surface area (Å²) in [5.41, 5.74) is 2.75. The number of anilines is 1. The summed E-state index contributed by atoms with van der Waals surface area (Å²) in [5, 5.41) is 3.65. The van der Waals surface area contributed by atoms with E-state index in [0.717, 1.165) is 11.3 Å². The van der Waals surface area contributed by atoms with Crippen molar-refractivity contribution in [2.24, 2.45) is 0 Å². The van der Waals surface area contributed by atoms with E-state index >= 15 is 0 Å². The molecule has 3 nitrogen and oxygen atoms in total. The molecule has 0 bridgehead atoms. The first-order valence-corrected chi connectivity index (χ1v) is 7.22. The van der Waals surface area contributed by atoms with Gasteiger partial charge in [-0.2, -0.15) is 0 Å². The third-order valence-electron chi connectivity index (χ3n) is 3.39. The van der Waals surface area contributed by atoms with E-state index in [2.05, 4.69) is 5.32 Å². The van der Waals surface area contributed by atoms with Crippen molar-refractivity contribution in [3.05, 3.63) is 63.1 Å². The number of hydrogen-bond acceptors (Lipinski definition) is 2. The Bertz CT molecular complexity index is 736. The van der Waals surface area contributed by atoms with Gasteiger partial charge in [0.2, 0.25) is 5.91 Å². The van der Waals surface area contributed by atoms with Gasteiger partial charge in [-0.05, 0) is 48.4 Å². The molecule has 2 aromatic rings. The minimum atomic E-state index is -0.140. The van der Waals surface area contributed by atoms with Crippen molar-refractivity contribution in [2.75, 3.05) is 5.32 Å². The molecule has 0 aromatic heterocycles. The van der Waals surface area contributed by atoms with Gasteiger partial charge in [0.15, 0.2) is 5.78 Å². The Morgan fingerprint density at radius 2 is 1.67 bits per heavy atom. The number of nitrogens with one attached hydrogen (secondary N) is 1. The summed E-state index contributed by atoms with van der Waals surface area (Å²) < 4.78 is 0. The number of amides is 1. The summed E-state index contributed by atoms with van der Waals surface area (Å²) in [6.45, 7) is 0. The summed E-state index contributed by atoms with van der Waals surface area (Å²) in [7, 11) is 0. The lowest BCUT2D eigenvalue weighted by Gasteiger charge is -2.17. The smallest absolute Gasteiger partial charge is 0.224 e. The van der Waals surface area contributed by atoms with E-state index in [9.17, 15) is 9.59 Å². The Hall–Kier alpha value is -1.84. The maximum Gasteiger partial charge on any atom is 0.224 e. The number of hydrogen-bond donors (Lipinski definition) is 1. The number of ketones is 1. The number of rotatable bonds is 2. The molecule has 0 aliphatic carbocycles. The molecule has 1 amide bonds. The lowest BCUT2D eigenvalue weighted by molar-refractivity contribution is -0.116. The maximum atomic E-state index is 12.5. The lowest BCUT2D eigenvalue weighted by atomic mass is 9.96. The number of aryl methyl sites for hydroxylation is 1. The summed E-state index contributed by atoms with van der Waals surface area (Å²) in [5.74, 6) is -0.137. The molecule has 1 N–H and O–H groups in total. The van der Waals surface area contributed by atoms with Crippen LogP contribution in [0.2, 0.25) is 10.0 Å².